The van der Waals surface area contributed by atoms with E-state index in [1.54, 1.807) is 9.80 Å². The summed E-state index contributed by atoms with van der Waals surface area (Å²) in [6.45, 7) is 2.84. The largest absolute Gasteiger partial charge is 0.449 e. The number of rotatable bonds is 3. The van der Waals surface area contributed by atoms with Crippen molar-refractivity contribution < 1.29 is 14.3 Å². The normalized spacial score (nSPS) is 37.6. The Morgan fingerprint density at radius 3 is 1.92 bits per heavy atom. The molecule has 4 aliphatic carbocycles. The van der Waals surface area contributed by atoms with Crippen LogP contribution >= 0.6 is 0 Å². The lowest BCUT2D eigenvalue weighted by Gasteiger charge is -2.56. The number of nitrogens with two attached hydrogens (primary N) is 1. The molecule has 5 rings (SSSR count). The molecule has 4 saturated carbocycles. The van der Waals surface area contributed by atoms with Crippen LogP contribution in [0.1, 0.15) is 38.5 Å². The third-order valence-electron chi connectivity index (χ3n) is 6.73. The van der Waals surface area contributed by atoms with Gasteiger partial charge in [0.15, 0.2) is 0 Å². The Kier molecular flexibility index (Phi) is 4.19. The molecule has 2 N–H and O–H groups in total. The highest BCUT2D eigenvalue weighted by Gasteiger charge is 2.51. The summed E-state index contributed by atoms with van der Waals surface area (Å²) in [5.74, 6) is 2.58. The maximum Gasteiger partial charge on any atom is 0.409 e. The van der Waals surface area contributed by atoms with Crippen molar-refractivity contribution in [1.82, 2.24) is 9.80 Å². The Balaban J connectivity index is 1.28. The summed E-state index contributed by atoms with van der Waals surface area (Å²) in [7, 11) is 0. The summed E-state index contributed by atoms with van der Waals surface area (Å²) >= 11 is 0. The SMILES string of the molecule is NCC(=O)N1CCN(C(=O)OCC23CC4CC(CC(C4)C2)C3)CC1. The van der Waals surface area contributed by atoms with E-state index in [0.29, 0.717) is 32.8 Å². The topological polar surface area (TPSA) is 75.9 Å². The number of ether oxygens (including phenoxy) is 1. The highest BCUT2D eigenvalue weighted by molar-refractivity contribution is 5.78. The standard InChI is InChI=1S/C18H29N3O3/c19-11-16(22)20-1-3-21(4-2-20)17(23)24-12-18-8-13-5-14(9-18)7-15(6-13)10-18/h13-15H,1-12,19H2. The number of carbonyl (C=O) groups is 2. The van der Waals surface area contributed by atoms with Gasteiger partial charge in [-0.1, -0.05) is 0 Å². The first-order valence-corrected chi connectivity index (χ1v) is 9.46. The van der Waals surface area contributed by atoms with Crippen LogP contribution in [-0.4, -0.2) is 61.1 Å². The summed E-state index contributed by atoms with van der Waals surface area (Å²) < 4.78 is 5.75. The van der Waals surface area contributed by atoms with Gasteiger partial charge in [-0.05, 0) is 56.3 Å². The summed E-state index contributed by atoms with van der Waals surface area (Å²) in [5, 5.41) is 0. The average molecular weight is 335 g/mol. The van der Waals surface area contributed by atoms with E-state index >= 15 is 0 Å². The molecular weight excluding hydrogens is 306 g/mol. The summed E-state index contributed by atoms with van der Waals surface area (Å²) in [6, 6.07) is 0. The molecule has 0 aromatic heterocycles. The quantitative estimate of drug-likeness (QED) is 0.847. The molecule has 6 heteroatoms. The lowest BCUT2D eigenvalue weighted by molar-refractivity contribution is -0.131. The van der Waals surface area contributed by atoms with Crippen molar-refractivity contribution in [2.45, 2.75) is 38.5 Å². The highest BCUT2D eigenvalue weighted by Crippen LogP contribution is 2.60. The predicted octanol–water partition coefficient (Wildman–Crippen LogP) is 1.44. The van der Waals surface area contributed by atoms with Crippen molar-refractivity contribution in [2.24, 2.45) is 28.9 Å². The minimum absolute atomic E-state index is 0.0382. The molecular formula is C18H29N3O3. The molecule has 2 amide bonds. The van der Waals surface area contributed by atoms with Gasteiger partial charge in [-0.2, -0.15) is 0 Å². The lowest BCUT2D eigenvalue weighted by Crippen LogP contribution is -2.53. The van der Waals surface area contributed by atoms with E-state index < -0.39 is 0 Å². The van der Waals surface area contributed by atoms with Gasteiger partial charge in [0.2, 0.25) is 5.91 Å². The maximum atomic E-state index is 12.4. The van der Waals surface area contributed by atoms with E-state index in [9.17, 15) is 9.59 Å². The molecule has 24 heavy (non-hydrogen) atoms. The van der Waals surface area contributed by atoms with Crippen molar-refractivity contribution in [3.8, 4) is 0 Å². The second kappa shape index (κ2) is 6.21. The van der Waals surface area contributed by atoms with E-state index in [4.69, 9.17) is 10.5 Å². The van der Waals surface area contributed by atoms with Crippen LogP contribution in [0.2, 0.25) is 0 Å². The molecule has 134 valence electrons. The highest BCUT2D eigenvalue weighted by atomic mass is 16.6. The first kappa shape index (κ1) is 16.2. The molecule has 6 nitrogen and oxygen atoms in total. The molecule has 0 spiro atoms. The Morgan fingerprint density at radius 2 is 1.42 bits per heavy atom. The lowest BCUT2D eigenvalue weighted by atomic mass is 9.50. The van der Waals surface area contributed by atoms with Crippen LogP contribution in [0.5, 0.6) is 0 Å². The van der Waals surface area contributed by atoms with Gasteiger partial charge in [-0.3, -0.25) is 4.79 Å². The van der Waals surface area contributed by atoms with E-state index in [0.717, 1.165) is 17.8 Å². The second-order valence-electron chi connectivity index (χ2n) is 8.54. The fraction of sp³-hybridized carbons (Fsp3) is 0.889. The van der Waals surface area contributed by atoms with Gasteiger partial charge in [0, 0.05) is 31.6 Å². The molecule has 4 bridgehead atoms. The van der Waals surface area contributed by atoms with Gasteiger partial charge in [0.1, 0.15) is 0 Å². The Morgan fingerprint density at radius 1 is 0.917 bits per heavy atom. The zero-order chi connectivity index (χ0) is 16.7. The molecule has 1 aliphatic heterocycles. The average Bonchev–Trinajstić information content (AvgIpc) is 2.58. The van der Waals surface area contributed by atoms with Gasteiger partial charge in [-0.25, -0.2) is 4.79 Å². The Bertz CT molecular complexity index is 478. The molecule has 0 unspecified atom stereocenters. The fourth-order valence-corrected chi connectivity index (χ4v) is 6.04. The summed E-state index contributed by atoms with van der Waals surface area (Å²) in [4.78, 5) is 27.5. The van der Waals surface area contributed by atoms with Crippen molar-refractivity contribution in [3.63, 3.8) is 0 Å². The zero-order valence-electron chi connectivity index (χ0n) is 14.4. The number of nitrogens with zero attached hydrogens (tertiary/aromatic N) is 2. The zero-order valence-corrected chi connectivity index (χ0v) is 14.4. The van der Waals surface area contributed by atoms with Crippen LogP contribution in [0.4, 0.5) is 4.79 Å². The number of hydrogen-bond donors (Lipinski definition) is 1. The van der Waals surface area contributed by atoms with Crippen LogP contribution in [-0.2, 0) is 9.53 Å². The molecule has 1 heterocycles. The second-order valence-corrected chi connectivity index (χ2v) is 8.54. The molecule has 5 aliphatic rings. The molecule has 0 aromatic carbocycles. The van der Waals surface area contributed by atoms with Gasteiger partial charge >= 0.3 is 6.09 Å². The molecule has 0 atom stereocenters. The predicted molar refractivity (Wildman–Crippen MR) is 89.2 cm³/mol. The molecule has 1 saturated heterocycles. The maximum absolute atomic E-state index is 12.4. The van der Waals surface area contributed by atoms with E-state index in [1.807, 2.05) is 0 Å². The third kappa shape index (κ3) is 3.01. The van der Waals surface area contributed by atoms with E-state index in [-0.39, 0.29) is 24.0 Å². The van der Waals surface area contributed by atoms with Crippen LogP contribution in [0.25, 0.3) is 0 Å². The van der Waals surface area contributed by atoms with Crippen molar-refractivity contribution in [3.05, 3.63) is 0 Å². The van der Waals surface area contributed by atoms with Crippen molar-refractivity contribution in [1.29, 1.82) is 0 Å². The molecule has 0 radical (unpaired) electrons. The summed E-state index contributed by atoms with van der Waals surface area (Å²) in [5.41, 5.74) is 5.66. The van der Waals surface area contributed by atoms with Crippen molar-refractivity contribution >= 4 is 12.0 Å². The Hall–Kier alpha value is -1.30. The van der Waals surface area contributed by atoms with Gasteiger partial charge in [0.05, 0.1) is 13.2 Å². The number of hydrogen-bond acceptors (Lipinski definition) is 4. The first-order chi connectivity index (χ1) is 11.6. The smallest absolute Gasteiger partial charge is 0.409 e. The Labute approximate surface area is 143 Å². The van der Waals surface area contributed by atoms with Crippen molar-refractivity contribution in [2.75, 3.05) is 39.3 Å². The van der Waals surface area contributed by atoms with Crippen LogP contribution in [0, 0.1) is 23.2 Å². The fourth-order valence-electron chi connectivity index (χ4n) is 6.04. The monoisotopic (exact) mass is 335 g/mol. The van der Waals surface area contributed by atoms with Crippen LogP contribution in [0.15, 0.2) is 0 Å². The first-order valence-electron chi connectivity index (χ1n) is 9.46. The van der Waals surface area contributed by atoms with E-state index in [2.05, 4.69) is 0 Å². The van der Waals surface area contributed by atoms with Crippen LogP contribution < -0.4 is 5.73 Å². The van der Waals surface area contributed by atoms with Crippen LogP contribution in [0.3, 0.4) is 0 Å². The minimum Gasteiger partial charge on any atom is -0.449 e. The molecule has 0 aromatic rings. The number of piperazine rings is 1. The minimum atomic E-state index is -0.203. The number of carbonyl (C=O) groups excluding carboxylic acids is 2. The van der Waals surface area contributed by atoms with Gasteiger partial charge in [0.25, 0.3) is 0 Å². The van der Waals surface area contributed by atoms with Gasteiger partial charge < -0.3 is 20.3 Å². The van der Waals surface area contributed by atoms with Gasteiger partial charge in [-0.15, -0.1) is 0 Å². The third-order valence-corrected chi connectivity index (χ3v) is 6.73. The summed E-state index contributed by atoms with van der Waals surface area (Å²) in [6.07, 6.45) is 7.78. The molecule has 5 fully saturated rings. The number of amides is 2. The van der Waals surface area contributed by atoms with E-state index in [1.165, 1.54) is 38.5 Å².